The first kappa shape index (κ1) is 27.6. The number of Topliss-reactive ketones (excluding diaryl/α,β-unsaturated/α-hetero) is 1. The molecule has 4 fully saturated rings. The molecule has 0 radical (unpaired) electrons. The number of esters is 2. The summed E-state index contributed by atoms with van der Waals surface area (Å²) >= 11 is 0. The first-order chi connectivity index (χ1) is 16.8. The van der Waals surface area contributed by atoms with Crippen LogP contribution in [0.3, 0.4) is 0 Å². The Morgan fingerprint density at radius 1 is 0.944 bits per heavy atom. The van der Waals surface area contributed by atoms with E-state index in [-0.39, 0.29) is 34.7 Å². The minimum atomic E-state index is -0.520. The molecule has 0 N–H and O–H groups in total. The predicted molar refractivity (Wildman–Crippen MR) is 140 cm³/mol. The van der Waals surface area contributed by atoms with Gasteiger partial charge in [-0.1, -0.05) is 27.2 Å². The van der Waals surface area contributed by atoms with Gasteiger partial charge in [-0.15, -0.1) is 0 Å². The maximum atomic E-state index is 13.3. The lowest BCUT2D eigenvalue weighted by Gasteiger charge is -2.60. The van der Waals surface area contributed by atoms with Crippen molar-refractivity contribution in [2.24, 2.45) is 46.3 Å². The molecule has 5 heteroatoms. The fraction of sp³-hybridized carbons (Fsp3) is 0.903. The Bertz CT molecular complexity index is 863. The van der Waals surface area contributed by atoms with Crippen LogP contribution in [0.2, 0.25) is 0 Å². The van der Waals surface area contributed by atoms with E-state index in [4.69, 9.17) is 9.47 Å². The van der Waals surface area contributed by atoms with E-state index in [0.29, 0.717) is 23.7 Å². The van der Waals surface area contributed by atoms with Crippen LogP contribution in [-0.4, -0.2) is 29.4 Å². The van der Waals surface area contributed by atoms with Crippen LogP contribution in [0, 0.1) is 46.3 Å². The minimum absolute atomic E-state index is 0.0536. The van der Waals surface area contributed by atoms with Gasteiger partial charge in [0.2, 0.25) is 0 Å². The molecular formula is C31H50O5. The number of rotatable bonds is 7. The molecule has 0 aromatic rings. The fourth-order valence-corrected chi connectivity index (χ4v) is 9.88. The summed E-state index contributed by atoms with van der Waals surface area (Å²) in [5, 5.41) is 0. The van der Waals surface area contributed by atoms with E-state index in [1.54, 1.807) is 0 Å². The van der Waals surface area contributed by atoms with Crippen LogP contribution >= 0.6 is 0 Å². The number of hydrogen-bond donors (Lipinski definition) is 0. The molecule has 0 aliphatic heterocycles. The Morgan fingerprint density at radius 3 is 2.28 bits per heavy atom. The zero-order valence-corrected chi connectivity index (χ0v) is 23.9. The summed E-state index contributed by atoms with van der Waals surface area (Å²) in [6.45, 7) is 14.4. The lowest BCUT2D eigenvalue weighted by Crippen LogP contribution is -2.57. The number of carbonyl (C=O) groups excluding carboxylic acids is 3. The molecule has 36 heavy (non-hydrogen) atoms. The number of ether oxygens (including phenoxy) is 2. The molecule has 0 aromatic heterocycles. The van der Waals surface area contributed by atoms with Crippen molar-refractivity contribution in [3.63, 3.8) is 0 Å². The Morgan fingerprint density at radius 2 is 1.61 bits per heavy atom. The summed E-state index contributed by atoms with van der Waals surface area (Å²) in [5.41, 5.74) is 0.0732. The van der Waals surface area contributed by atoms with Gasteiger partial charge in [0.25, 0.3) is 0 Å². The Labute approximate surface area is 218 Å². The number of fused-ring (bicyclic) bond motifs is 5. The summed E-state index contributed by atoms with van der Waals surface area (Å²) in [6, 6.07) is 0. The Kier molecular flexibility index (Phi) is 7.72. The zero-order chi connectivity index (χ0) is 26.5. The highest BCUT2D eigenvalue weighted by Gasteiger charge is 2.62. The molecule has 0 aromatic carbocycles. The normalized spacial score (nSPS) is 41.0. The van der Waals surface area contributed by atoms with Crippen LogP contribution < -0.4 is 0 Å². The average Bonchev–Trinajstić information content (AvgIpc) is 3.12. The molecule has 4 rings (SSSR count). The maximum absolute atomic E-state index is 13.3. The SMILES string of the molecule is CC(=O)O[C@H]1CC[C@@]2(C)[C@@H](CC[C@H]3C4CC[C@H]([C@H](C)CCCC(C)(C)OC(C)=O)[C@@]4(C)CC[C@@H]32)C1=O. The standard InChI is InChI=1S/C31H50O5/c1-19(9-8-16-29(4,5)36-21(3)33)23-12-13-24-22-10-11-26-28(34)27(35-20(2)32)15-18-31(26,7)25(22)14-17-30(23,24)6/h19,22-27H,8-18H2,1-7H3/t19-,22+,23-,24?,25+,26+,27+,30-,31-/m1/s1. The third kappa shape index (κ3) is 5.01. The molecule has 5 nitrogen and oxygen atoms in total. The van der Waals surface area contributed by atoms with Crippen LogP contribution in [0.15, 0.2) is 0 Å². The first-order valence-electron chi connectivity index (χ1n) is 14.7. The molecule has 204 valence electrons. The summed E-state index contributed by atoms with van der Waals surface area (Å²) in [4.78, 5) is 36.3. The average molecular weight is 503 g/mol. The Balaban J connectivity index is 1.41. The van der Waals surface area contributed by atoms with Gasteiger partial charge in [-0.05, 0) is 118 Å². The molecule has 0 saturated heterocycles. The third-order valence-electron chi connectivity index (χ3n) is 11.4. The second kappa shape index (κ2) is 10.1. The topological polar surface area (TPSA) is 69.7 Å². The molecule has 4 aliphatic rings. The van der Waals surface area contributed by atoms with E-state index >= 15 is 0 Å². The van der Waals surface area contributed by atoms with Crippen molar-refractivity contribution in [1.29, 1.82) is 0 Å². The quantitative estimate of drug-likeness (QED) is 0.354. The largest absolute Gasteiger partial charge is 0.460 e. The van der Waals surface area contributed by atoms with E-state index in [9.17, 15) is 14.4 Å². The van der Waals surface area contributed by atoms with E-state index in [2.05, 4.69) is 20.8 Å². The van der Waals surface area contributed by atoms with Crippen molar-refractivity contribution in [1.82, 2.24) is 0 Å². The Hall–Kier alpha value is -1.39. The van der Waals surface area contributed by atoms with Gasteiger partial charge in [0.1, 0.15) is 5.60 Å². The van der Waals surface area contributed by atoms with Gasteiger partial charge in [0.15, 0.2) is 11.9 Å². The van der Waals surface area contributed by atoms with Crippen LogP contribution in [0.25, 0.3) is 0 Å². The predicted octanol–water partition coefficient (Wildman–Crippen LogP) is 6.90. The van der Waals surface area contributed by atoms with Crippen molar-refractivity contribution in [3.05, 3.63) is 0 Å². The molecular weight excluding hydrogens is 452 g/mol. The third-order valence-corrected chi connectivity index (χ3v) is 11.4. The highest BCUT2D eigenvalue weighted by molar-refractivity contribution is 5.89. The van der Waals surface area contributed by atoms with E-state index < -0.39 is 6.10 Å². The van der Waals surface area contributed by atoms with Crippen molar-refractivity contribution < 1.29 is 23.9 Å². The lowest BCUT2D eigenvalue weighted by atomic mass is 9.44. The van der Waals surface area contributed by atoms with Crippen LogP contribution in [0.5, 0.6) is 0 Å². The van der Waals surface area contributed by atoms with Crippen LogP contribution in [0.1, 0.15) is 119 Å². The van der Waals surface area contributed by atoms with Crippen LogP contribution in [-0.2, 0) is 23.9 Å². The van der Waals surface area contributed by atoms with Gasteiger partial charge in [-0.25, -0.2) is 0 Å². The fourth-order valence-electron chi connectivity index (χ4n) is 9.88. The second-order valence-electron chi connectivity index (χ2n) is 14.0. The van der Waals surface area contributed by atoms with Gasteiger partial charge >= 0.3 is 11.9 Å². The molecule has 4 aliphatic carbocycles. The monoisotopic (exact) mass is 502 g/mol. The molecule has 0 bridgehead atoms. The number of carbonyl (C=O) groups is 3. The van der Waals surface area contributed by atoms with E-state index in [1.807, 2.05) is 13.8 Å². The molecule has 9 atom stereocenters. The minimum Gasteiger partial charge on any atom is -0.460 e. The smallest absolute Gasteiger partial charge is 0.303 e. The van der Waals surface area contributed by atoms with Gasteiger partial charge in [0.05, 0.1) is 0 Å². The molecule has 0 heterocycles. The van der Waals surface area contributed by atoms with E-state index in [1.165, 1.54) is 46.0 Å². The number of ketones is 1. The van der Waals surface area contributed by atoms with Crippen LogP contribution in [0.4, 0.5) is 0 Å². The molecule has 4 saturated carbocycles. The summed E-state index contributed by atoms with van der Waals surface area (Å²) in [7, 11) is 0. The highest BCUT2D eigenvalue weighted by Crippen LogP contribution is 2.68. The summed E-state index contributed by atoms with van der Waals surface area (Å²) in [6.07, 6.45) is 11.7. The first-order valence-corrected chi connectivity index (χ1v) is 14.7. The zero-order valence-electron chi connectivity index (χ0n) is 23.9. The van der Waals surface area contributed by atoms with Gasteiger partial charge in [-0.3, -0.25) is 14.4 Å². The molecule has 1 unspecified atom stereocenters. The van der Waals surface area contributed by atoms with Gasteiger partial charge in [-0.2, -0.15) is 0 Å². The molecule has 0 spiro atoms. The van der Waals surface area contributed by atoms with E-state index in [0.717, 1.165) is 49.9 Å². The lowest BCUT2D eigenvalue weighted by molar-refractivity contribution is -0.172. The van der Waals surface area contributed by atoms with Crippen molar-refractivity contribution in [2.45, 2.75) is 131 Å². The van der Waals surface area contributed by atoms with Crippen molar-refractivity contribution >= 4 is 17.7 Å². The summed E-state index contributed by atoms with van der Waals surface area (Å²) in [5.74, 6) is 3.27. The van der Waals surface area contributed by atoms with Gasteiger partial charge < -0.3 is 9.47 Å². The highest BCUT2D eigenvalue weighted by atomic mass is 16.6. The van der Waals surface area contributed by atoms with Gasteiger partial charge in [0, 0.05) is 19.8 Å². The second-order valence-corrected chi connectivity index (χ2v) is 14.0. The summed E-state index contributed by atoms with van der Waals surface area (Å²) < 4.78 is 10.9. The van der Waals surface area contributed by atoms with Crippen molar-refractivity contribution in [2.75, 3.05) is 0 Å². The molecule has 0 amide bonds. The maximum Gasteiger partial charge on any atom is 0.303 e. The van der Waals surface area contributed by atoms with Crippen molar-refractivity contribution in [3.8, 4) is 0 Å². The number of hydrogen-bond acceptors (Lipinski definition) is 5.